The zero-order valence-electron chi connectivity index (χ0n) is 19.4. The summed E-state index contributed by atoms with van der Waals surface area (Å²) < 4.78 is 10.5. The lowest BCUT2D eigenvalue weighted by molar-refractivity contribution is -0.144. The lowest BCUT2D eigenvalue weighted by atomic mass is 10.1. The molecule has 0 N–H and O–H groups in total. The minimum Gasteiger partial charge on any atom is -0.463 e. The molecule has 0 bridgehead atoms. The van der Waals surface area contributed by atoms with Gasteiger partial charge in [-0.15, -0.1) is 0 Å². The maximum atomic E-state index is 11.8. The standard InChI is InChI=1S/C25H46O4/c1-4-7-9-10-11-12-13-14-15-16-17-18-22-28-24(26)20-21-25(27)29-23(6-3)19-8-5-2/h20-21,23H,4-19,22H2,1-3H3/b21-20+. The molecule has 0 radical (unpaired) electrons. The van der Waals surface area contributed by atoms with Crippen LogP contribution in [0.1, 0.15) is 124 Å². The van der Waals surface area contributed by atoms with Crippen molar-refractivity contribution in [2.24, 2.45) is 0 Å². The fraction of sp³-hybridized carbons (Fsp3) is 0.840. The van der Waals surface area contributed by atoms with Gasteiger partial charge in [0.05, 0.1) is 6.61 Å². The third-order valence-electron chi connectivity index (χ3n) is 5.22. The molecule has 0 aliphatic heterocycles. The Bertz CT molecular complexity index is 417. The Balaban J connectivity index is 3.55. The van der Waals surface area contributed by atoms with Gasteiger partial charge in [0.2, 0.25) is 0 Å². The van der Waals surface area contributed by atoms with Gasteiger partial charge in [0.1, 0.15) is 6.10 Å². The van der Waals surface area contributed by atoms with Crippen molar-refractivity contribution in [3.63, 3.8) is 0 Å². The number of carbonyl (C=O) groups excluding carboxylic acids is 2. The number of hydrogen-bond acceptors (Lipinski definition) is 4. The second kappa shape index (κ2) is 21.4. The third kappa shape index (κ3) is 19.8. The van der Waals surface area contributed by atoms with Crippen molar-refractivity contribution in [1.82, 2.24) is 0 Å². The highest BCUT2D eigenvalue weighted by molar-refractivity contribution is 5.91. The van der Waals surface area contributed by atoms with Gasteiger partial charge in [-0.1, -0.05) is 104 Å². The number of hydrogen-bond donors (Lipinski definition) is 0. The molecule has 170 valence electrons. The number of ether oxygens (including phenoxy) is 2. The Hall–Kier alpha value is -1.32. The van der Waals surface area contributed by atoms with Gasteiger partial charge in [0.15, 0.2) is 0 Å². The Kier molecular flexibility index (Phi) is 20.4. The average molecular weight is 411 g/mol. The zero-order chi connectivity index (χ0) is 21.6. The largest absolute Gasteiger partial charge is 0.463 e. The maximum absolute atomic E-state index is 11.8. The summed E-state index contributed by atoms with van der Waals surface area (Å²) in [6.07, 6.45) is 21.4. The van der Waals surface area contributed by atoms with Crippen LogP contribution in [0, 0.1) is 0 Å². The van der Waals surface area contributed by atoms with E-state index in [1.807, 2.05) is 6.92 Å². The Morgan fingerprint density at radius 1 is 0.655 bits per heavy atom. The van der Waals surface area contributed by atoms with Crippen LogP contribution in [0.15, 0.2) is 12.2 Å². The second-order valence-corrected chi connectivity index (χ2v) is 8.00. The molecule has 0 fully saturated rings. The predicted octanol–water partition coefficient (Wildman–Crippen LogP) is 7.30. The molecule has 4 nitrogen and oxygen atoms in total. The van der Waals surface area contributed by atoms with Crippen LogP contribution in [0.2, 0.25) is 0 Å². The van der Waals surface area contributed by atoms with Gasteiger partial charge < -0.3 is 9.47 Å². The first-order valence-electron chi connectivity index (χ1n) is 12.2. The minimum atomic E-state index is -0.466. The molecule has 4 heteroatoms. The molecular weight excluding hydrogens is 364 g/mol. The highest BCUT2D eigenvalue weighted by atomic mass is 16.5. The van der Waals surface area contributed by atoms with E-state index in [0.717, 1.165) is 38.5 Å². The van der Waals surface area contributed by atoms with E-state index in [4.69, 9.17) is 9.47 Å². The zero-order valence-corrected chi connectivity index (χ0v) is 19.4. The first-order valence-corrected chi connectivity index (χ1v) is 12.2. The van der Waals surface area contributed by atoms with Gasteiger partial charge in [-0.25, -0.2) is 9.59 Å². The summed E-state index contributed by atoms with van der Waals surface area (Å²) >= 11 is 0. The van der Waals surface area contributed by atoms with Crippen molar-refractivity contribution < 1.29 is 19.1 Å². The Morgan fingerprint density at radius 2 is 1.14 bits per heavy atom. The molecule has 0 aliphatic carbocycles. The van der Waals surface area contributed by atoms with E-state index in [1.54, 1.807) is 0 Å². The van der Waals surface area contributed by atoms with Crippen molar-refractivity contribution in [3.8, 4) is 0 Å². The van der Waals surface area contributed by atoms with Crippen LogP contribution >= 0.6 is 0 Å². The van der Waals surface area contributed by atoms with Gasteiger partial charge in [0, 0.05) is 12.2 Å². The molecule has 0 spiro atoms. The first-order chi connectivity index (χ1) is 14.1. The lowest BCUT2D eigenvalue weighted by Crippen LogP contribution is -2.16. The van der Waals surface area contributed by atoms with Crippen LogP contribution in [0.4, 0.5) is 0 Å². The molecule has 0 saturated carbocycles. The van der Waals surface area contributed by atoms with Crippen molar-refractivity contribution in [1.29, 1.82) is 0 Å². The predicted molar refractivity (Wildman–Crippen MR) is 121 cm³/mol. The molecular formula is C25H46O4. The van der Waals surface area contributed by atoms with E-state index in [1.165, 1.54) is 76.4 Å². The monoisotopic (exact) mass is 410 g/mol. The average Bonchev–Trinajstić information content (AvgIpc) is 2.72. The molecule has 1 atom stereocenters. The molecule has 1 unspecified atom stereocenters. The van der Waals surface area contributed by atoms with Crippen LogP contribution in [0.3, 0.4) is 0 Å². The summed E-state index contributed by atoms with van der Waals surface area (Å²) in [5.74, 6) is -0.929. The fourth-order valence-electron chi connectivity index (χ4n) is 3.28. The van der Waals surface area contributed by atoms with Crippen LogP contribution in [-0.2, 0) is 19.1 Å². The normalized spacial score (nSPS) is 12.2. The van der Waals surface area contributed by atoms with Crippen molar-refractivity contribution >= 4 is 11.9 Å². The smallest absolute Gasteiger partial charge is 0.331 e. The van der Waals surface area contributed by atoms with Gasteiger partial charge in [-0.2, -0.15) is 0 Å². The molecule has 0 amide bonds. The van der Waals surface area contributed by atoms with E-state index in [9.17, 15) is 9.59 Å². The molecule has 29 heavy (non-hydrogen) atoms. The molecule has 0 saturated heterocycles. The van der Waals surface area contributed by atoms with E-state index in [-0.39, 0.29) is 6.10 Å². The molecule has 0 aromatic heterocycles. The summed E-state index contributed by atoms with van der Waals surface area (Å²) in [5, 5.41) is 0. The fourth-order valence-corrected chi connectivity index (χ4v) is 3.28. The summed E-state index contributed by atoms with van der Waals surface area (Å²) in [7, 11) is 0. The molecule has 0 aromatic rings. The number of carbonyl (C=O) groups is 2. The van der Waals surface area contributed by atoms with E-state index < -0.39 is 11.9 Å². The molecule has 0 aliphatic rings. The van der Waals surface area contributed by atoms with Gasteiger partial charge in [-0.05, 0) is 19.3 Å². The number of rotatable bonds is 20. The van der Waals surface area contributed by atoms with Gasteiger partial charge >= 0.3 is 11.9 Å². The summed E-state index contributed by atoms with van der Waals surface area (Å²) in [6.45, 7) is 6.79. The lowest BCUT2D eigenvalue weighted by Gasteiger charge is -2.14. The van der Waals surface area contributed by atoms with Crippen molar-refractivity contribution in [2.45, 2.75) is 130 Å². The summed E-state index contributed by atoms with van der Waals surface area (Å²) in [4.78, 5) is 23.4. The van der Waals surface area contributed by atoms with Crippen LogP contribution in [0.25, 0.3) is 0 Å². The summed E-state index contributed by atoms with van der Waals surface area (Å²) in [6, 6.07) is 0. The van der Waals surface area contributed by atoms with Crippen LogP contribution in [0.5, 0.6) is 0 Å². The first kappa shape index (κ1) is 27.7. The molecule has 0 aromatic carbocycles. The number of unbranched alkanes of at least 4 members (excludes halogenated alkanes) is 12. The topological polar surface area (TPSA) is 52.6 Å². The maximum Gasteiger partial charge on any atom is 0.331 e. The number of esters is 2. The highest BCUT2D eigenvalue weighted by Crippen LogP contribution is 2.12. The Morgan fingerprint density at radius 3 is 1.66 bits per heavy atom. The van der Waals surface area contributed by atoms with Crippen molar-refractivity contribution in [3.05, 3.63) is 12.2 Å². The third-order valence-corrected chi connectivity index (χ3v) is 5.22. The van der Waals surface area contributed by atoms with E-state index in [0.29, 0.717) is 6.61 Å². The SMILES string of the molecule is CCCCCCCCCCCCCCOC(=O)/C=C/C(=O)OC(CC)CCCC. The quantitative estimate of drug-likeness (QED) is 0.120. The van der Waals surface area contributed by atoms with E-state index in [2.05, 4.69) is 13.8 Å². The highest BCUT2D eigenvalue weighted by Gasteiger charge is 2.10. The second-order valence-electron chi connectivity index (χ2n) is 8.00. The molecule has 0 rings (SSSR count). The summed E-state index contributed by atoms with van der Waals surface area (Å²) in [5.41, 5.74) is 0. The van der Waals surface area contributed by atoms with E-state index >= 15 is 0 Å². The van der Waals surface area contributed by atoms with Gasteiger partial charge in [-0.3, -0.25) is 0 Å². The minimum absolute atomic E-state index is 0.0656. The Labute approximate surface area is 179 Å². The molecule has 0 heterocycles. The van der Waals surface area contributed by atoms with Crippen LogP contribution < -0.4 is 0 Å². The van der Waals surface area contributed by atoms with Gasteiger partial charge in [0.25, 0.3) is 0 Å². The van der Waals surface area contributed by atoms with Crippen molar-refractivity contribution in [2.75, 3.05) is 6.61 Å². The van der Waals surface area contributed by atoms with Crippen LogP contribution in [-0.4, -0.2) is 24.6 Å².